The number of hydrogen-bond acceptors (Lipinski definition) is 3. The molecular weight excluding hydrogens is 326 g/mol. The van der Waals surface area contributed by atoms with E-state index >= 15 is 0 Å². The highest BCUT2D eigenvalue weighted by Crippen LogP contribution is 2.31. The Hall–Kier alpha value is -3.13. The maximum absolute atomic E-state index is 5.72. The van der Waals surface area contributed by atoms with Crippen LogP contribution < -0.4 is 20.1 Å². The Bertz CT molecular complexity index is 811. The Morgan fingerprint density at radius 1 is 1.27 bits per heavy atom. The molecule has 0 aliphatic carbocycles. The van der Waals surface area contributed by atoms with E-state index in [0.717, 1.165) is 35.0 Å². The van der Waals surface area contributed by atoms with Gasteiger partial charge in [0.1, 0.15) is 18.1 Å². The molecule has 0 amide bonds. The van der Waals surface area contributed by atoms with Crippen LogP contribution in [0.2, 0.25) is 0 Å². The summed E-state index contributed by atoms with van der Waals surface area (Å²) in [6.45, 7) is 1.53. The van der Waals surface area contributed by atoms with Crippen molar-refractivity contribution in [3.8, 4) is 23.8 Å². The number of hydrogen-bond donors (Lipinski definition) is 2. The molecule has 1 heterocycles. The van der Waals surface area contributed by atoms with Crippen LogP contribution in [0, 0.1) is 12.3 Å². The number of fused-ring (bicyclic) bond motifs is 1. The van der Waals surface area contributed by atoms with Crippen LogP contribution >= 0.6 is 0 Å². The van der Waals surface area contributed by atoms with Crippen LogP contribution in [-0.4, -0.2) is 26.2 Å². The van der Waals surface area contributed by atoms with Gasteiger partial charge < -0.3 is 20.1 Å². The van der Waals surface area contributed by atoms with Gasteiger partial charge in [-0.1, -0.05) is 42.3 Å². The van der Waals surface area contributed by atoms with Gasteiger partial charge in [-0.15, -0.1) is 6.42 Å². The van der Waals surface area contributed by atoms with Crippen LogP contribution in [0.4, 0.5) is 0 Å². The van der Waals surface area contributed by atoms with Crippen LogP contribution in [0.1, 0.15) is 23.6 Å². The quantitative estimate of drug-likeness (QED) is 0.495. The fourth-order valence-electron chi connectivity index (χ4n) is 2.94. The van der Waals surface area contributed by atoms with Gasteiger partial charge in [0.2, 0.25) is 0 Å². The second kappa shape index (κ2) is 8.82. The van der Waals surface area contributed by atoms with Gasteiger partial charge in [0.05, 0.1) is 12.6 Å². The van der Waals surface area contributed by atoms with Crippen molar-refractivity contribution in [3.05, 3.63) is 59.7 Å². The van der Waals surface area contributed by atoms with Gasteiger partial charge >= 0.3 is 0 Å². The second-order valence-corrected chi connectivity index (χ2v) is 5.90. The Balaban J connectivity index is 1.64. The third-order valence-electron chi connectivity index (χ3n) is 4.22. The van der Waals surface area contributed by atoms with Crippen LogP contribution in [0.15, 0.2) is 53.5 Å². The number of nitrogens with one attached hydrogen (secondary N) is 2. The molecule has 134 valence electrons. The molecule has 26 heavy (non-hydrogen) atoms. The molecule has 0 fully saturated rings. The molecule has 0 saturated carbocycles. The van der Waals surface area contributed by atoms with Crippen LogP contribution in [0.5, 0.6) is 11.5 Å². The largest absolute Gasteiger partial charge is 0.493 e. The van der Waals surface area contributed by atoms with Crippen LogP contribution in [-0.2, 0) is 6.54 Å². The second-order valence-electron chi connectivity index (χ2n) is 5.90. The zero-order valence-electron chi connectivity index (χ0n) is 14.9. The maximum atomic E-state index is 5.72. The molecule has 2 N–H and O–H groups in total. The monoisotopic (exact) mass is 349 g/mol. The van der Waals surface area contributed by atoms with Gasteiger partial charge in [0.15, 0.2) is 5.96 Å². The van der Waals surface area contributed by atoms with Crippen molar-refractivity contribution in [2.75, 3.05) is 20.3 Å². The number of rotatable bonds is 5. The van der Waals surface area contributed by atoms with E-state index < -0.39 is 0 Å². The fraction of sp³-hybridized carbons (Fsp3) is 0.286. The minimum Gasteiger partial charge on any atom is -0.493 e. The van der Waals surface area contributed by atoms with E-state index in [1.54, 1.807) is 7.05 Å². The maximum Gasteiger partial charge on any atom is 0.191 e. The number of guanidine groups is 1. The summed E-state index contributed by atoms with van der Waals surface area (Å²) in [7, 11) is 1.77. The zero-order valence-corrected chi connectivity index (χ0v) is 14.9. The van der Waals surface area contributed by atoms with Crippen molar-refractivity contribution in [3.63, 3.8) is 0 Å². The molecule has 5 nitrogen and oxygen atoms in total. The van der Waals surface area contributed by atoms with Gasteiger partial charge in [0, 0.05) is 31.1 Å². The van der Waals surface area contributed by atoms with Crippen molar-refractivity contribution in [1.82, 2.24) is 10.6 Å². The topological polar surface area (TPSA) is 54.9 Å². The van der Waals surface area contributed by atoms with Gasteiger partial charge in [-0.05, 0) is 12.1 Å². The summed E-state index contributed by atoms with van der Waals surface area (Å²) in [4.78, 5) is 4.34. The number of terminal acetylenes is 1. The highest BCUT2D eigenvalue weighted by atomic mass is 16.5. The molecule has 0 radical (unpaired) electrons. The fourth-order valence-corrected chi connectivity index (χ4v) is 2.94. The number of ether oxygens (including phenoxy) is 2. The first-order valence-electron chi connectivity index (χ1n) is 8.65. The summed E-state index contributed by atoms with van der Waals surface area (Å²) >= 11 is 0. The molecule has 0 bridgehead atoms. The molecule has 3 rings (SSSR count). The molecule has 1 aliphatic rings. The molecule has 2 aromatic carbocycles. The molecule has 0 aromatic heterocycles. The predicted octanol–water partition coefficient (Wildman–Crippen LogP) is 2.89. The summed E-state index contributed by atoms with van der Waals surface area (Å²) in [5.74, 6) is 4.94. The molecule has 0 saturated heterocycles. The average molecular weight is 349 g/mol. The van der Waals surface area contributed by atoms with E-state index in [4.69, 9.17) is 15.9 Å². The summed E-state index contributed by atoms with van der Waals surface area (Å²) in [5.41, 5.74) is 2.18. The van der Waals surface area contributed by atoms with Crippen LogP contribution in [0.25, 0.3) is 0 Å². The van der Waals surface area contributed by atoms with Crippen molar-refractivity contribution in [2.45, 2.75) is 19.0 Å². The Kier molecular flexibility index (Phi) is 6.00. The summed E-state index contributed by atoms with van der Waals surface area (Å²) in [6, 6.07) is 16.1. The van der Waals surface area contributed by atoms with Crippen LogP contribution in [0.3, 0.4) is 0 Å². The highest BCUT2D eigenvalue weighted by molar-refractivity contribution is 5.80. The molecule has 1 atom stereocenters. The van der Waals surface area contributed by atoms with Crippen molar-refractivity contribution < 1.29 is 9.47 Å². The lowest BCUT2D eigenvalue weighted by molar-refractivity contribution is 0.261. The van der Waals surface area contributed by atoms with E-state index in [1.165, 1.54) is 0 Å². The Morgan fingerprint density at radius 3 is 2.92 bits per heavy atom. The molecule has 0 spiro atoms. The zero-order chi connectivity index (χ0) is 18.2. The lowest BCUT2D eigenvalue weighted by atomic mass is 10.0. The predicted molar refractivity (Wildman–Crippen MR) is 103 cm³/mol. The molecule has 5 heteroatoms. The van der Waals surface area contributed by atoms with Gasteiger partial charge in [-0.3, -0.25) is 4.99 Å². The third kappa shape index (κ3) is 4.28. The Morgan fingerprint density at radius 2 is 2.08 bits per heavy atom. The third-order valence-corrected chi connectivity index (χ3v) is 4.22. The first-order valence-corrected chi connectivity index (χ1v) is 8.65. The van der Waals surface area contributed by atoms with E-state index in [0.29, 0.717) is 13.2 Å². The molecular formula is C21H23N3O2. The first kappa shape index (κ1) is 17.7. The van der Waals surface area contributed by atoms with Crippen molar-refractivity contribution in [2.24, 2.45) is 4.99 Å². The number of nitrogens with zero attached hydrogens (tertiary/aromatic N) is 1. The normalized spacial score (nSPS) is 16.0. The minimum atomic E-state index is 0.166. The molecule has 1 unspecified atom stereocenters. The summed E-state index contributed by atoms with van der Waals surface area (Å²) in [5, 5.41) is 6.83. The van der Waals surface area contributed by atoms with Gasteiger partial charge in [-0.25, -0.2) is 0 Å². The van der Waals surface area contributed by atoms with E-state index in [9.17, 15) is 0 Å². The number of para-hydroxylation sites is 2. The van der Waals surface area contributed by atoms with E-state index in [2.05, 4.69) is 27.6 Å². The van der Waals surface area contributed by atoms with Crippen molar-refractivity contribution in [1.29, 1.82) is 0 Å². The Labute approximate surface area is 154 Å². The number of aliphatic imine (C=N–C) groups is 1. The molecule has 2 aromatic rings. The average Bonchev–Trinajstić information content (AvgIpc) is 2.70. The first-order chi connectivity index (χ1) is 12.8. The lowest BCUT2D eigenvalue weighted by Crippen LogP contribution is -2.40. The molecule has 1 aliphatic heterocycles. The smallest absolute Gasteiger partial charge is 0.191 e. The minimum absolute atomic E-state index is 0.166. The van der Waals surface area contributed by atoms with Gasteiger partial charge in [0.25, 0.3) is 0 Å². The van der Waals surface area contributed by atoms with Gasteiger partial charge in [-0.2, -0.15) is 0 Å². The summed E-state index contributed by atoms with van der Waals surface area (Å²) in [6.07, 6.45) is 6.17. The lowest BCUT2D eigenvalue weighted by Gasteiger charge is -2.28. The van der Waals surface area contributed by atoms with Crippen molar-refractivity contribution >= 4 is 5.96 Å². The van der Waals surface area contributed by atoms with E-state index in [1.807, 2.05) is 42.5 Å². The number of benzene rings is 2. The standard InChI is InChI=1S/C21H23N3O2/c1-3-13-25-19-10-6-4-8-16(19)15-23-21(22-2)24-18-12-14-26-20-11-7-5-9-17(18)20/h1,4-11,18H,12-15H2,2H3,(H2,22,23,24). The highest BCUT2D eigenvalue weighted by Gasteiger charge is 2.21. The SMILES string of the molecule is C#CCOc1ccccc1CNC(=NC)NC1CCOc2ccccc21. The van der Waals surface area contributed by atoms with E-state index in [-0.39, 0.29) is 12.6 Å². The summed E-state index contributed by atoms with van der Waals surface area (Å²) < 4.78 is 11.3.